The van der Waals surface area contributed by atoms with E-state index in [0.717, 1.165) is 6.08 Å². The molecule has 78 valence electrons. The topological polar surface area (TPSA) is 61.8 Å². The van der Waals surface area contributed by atoms with Crippen LogP contribution in [0.1, 0.15) is 20.3 Å². The van der Waals surface area contributed by atoms with Crippen LogP contribution in [0.5, 0.6) is 0 Å². The Morgan fingerprint density at radius 1 is 1.50 bits per heavy atom. The fourth-order valence-electron chi connectivity index (χ4n) is 1.07. The molecule has 0 bridgehead atoms. The average Bonchev–Trinajstić information content (AvgIpc) is 1.99. The van der Waals surface area contributed by atoms with E-state index in [2.05, 4.69) is 4.74 Å². The SMILES string of the molecule is COC(=O)CC1=CC(=O)OC(C)(C)O1. The van der Waals surface area contributed by atoms with Crippen LogP contribution in [0.15, 0.2) is 11.8 Å². The molecule has 5 heteroatoms. The van der Waals surface area contributed by atoms with Gasteiger partial charge in [-0.25, -0.2) is 4.79 Å². The standard InChI is InChI=1S/C9H12O5/c1-9(2)13-6(4-7(10)12-3)5-8(11)14-9/h5H,4H2,1-3H3. The van der Waals surface area contributed by atoms with Crippen LogP contribution in [0.25, 0.3) is 0 Å². The van der Waals surface area contributed by atoms with Gasteiger partial charge in [0.25, 0.3) is 0 Å². The van der Waals surface area contributed by atoms with E-state index in [1.165, 1.54) is 7.11 Å². The molecule has 0 fully saturated rings. The highest BCUT2D eigenvalue weighted by atomic mass is 16.7. The predicted molar refractivity (Wildman–Crippen MR) is 46.0 cm³/mol. The largest absolute Gasteiger partial charge is 0.469 e. The molecule has 1 aliphatic heterocycles. The molecule has 0 saturated carbocycles. The molecule has 0 saturated heterocycles. The normalized spacial score (nSPS) is 19.1. The lowest BCUT2D eigenvalue weighted by Gasteiger charge is -2.30. The quantitative estimate of drug-likeness (QED) is 0.615. The summed E-state index contributed by atoms with van der Waals surface area (Å²) in [4.78, 5) is 21.9. The van der Waals surface area contributed by atoms with Crippen LogP contribution in [-0.4, -0.2) is 24.8 Å². The van der Waals surface area contributed by atoms with Gasteiger partial charge in [0.15, 0.2) is 0 Å². The zero-order valence-electron chi connectivity index (χ0n) is 8.33. The molecule has 1 rings (SSSR count). The van der Waals surface area contributed by atoms with Gasteiger partial charge in [0.2, 0.25) is 5.79 Å². The second-order valence-electron chi connectivity index (χ2n) is 3.29. The second-order valence-corrected chi connectivity index (χ2v) is 3.29. The number of carbonyl (C=O) groups excluding carboxylic acids is 2. The summed E-state index contributed by atoms with van der Waals surface area (Å²) in [6.45, 7) is 3.18. The lowest BCUT2D eigenvalue weighted by atomic mass is 10.2. The smallest absolute Gasteiger partial charge is 0.337 e. The first-order chi connectivity index (χ1) is 6.43. The maximum atomic E-state index is 11.0. The highest BCUT2D eigenvalue weighted by Crippen LogP contribution is 2.23. The number of hydrogen-bond acceptors (Lipinski definition) is 5. The third-order valence-corrected chi connectivity index (χ3v) is 1.55. The van der Waals surface area contributed by atoms with Crippen molar-refractivity contribution >= 4 is 11.9 Å². The van der Waals surface area contributed by atoms with Crippen LogP contribution in [0.3, 0.4) is 0 Å². The molecule has 0 spiro atoms. The van der Waals surface area contributed by atoms with Gasteiger partial charge < -0.3 is 14.2 Å². The van der Waals surface area contributed by atoms with Crippen LogP contribution in [0, 0.1) is 0 Å². The summed E-state index contributed by atoms with van der Waals surface area (Å²) < 4.78 is 14.5. The number of esters is 2. The van der Waals surface area contributed by atoms with Crippen molar-refractivity contribution in [2.75, 3.05) is 7.11 Å². The fraction of sp³-hybridized carbons (Fsp3) is 0.556. The number of methoxy groups -OCH3 is 1. The highest BCUT2D eigenvalue weighted by Gasteiger charge is 2.30. The van der Waals surface area contributed by atoms with Crippen molar-refractivity contribution in [3.8, 4) is 0 Å². The Morgan fingerprint density at radius 2 is 2.14 bits per heavy atom. The minimum Gasteiger partial charge on any atom is -0.469 e. The third-order valence-electron chi connectivity index (χ3n) is 1.55. The number of rotatable bonds is 2. The molecule has 0 aromatic heterocycles. The number of hydrogen-bond donors (Lipinski definition) is 0. The molecule has 1 heterocycles. The lowest BCUT2D eigenvalue weighted by molar-refractivity contribution is -0.206. The molecule has 0 aliphatic carbocycles. The summed E-state index contributed by atoms with van der Waals surface area (Å²) in [5, 5.41) is 0. The van der Waals surface area contributed by atoms with Gasteiger partial charge in [-0.2, -0.15) is 0 Å². The van der Waals surface area contributed by atoms with E-state index >= 15 is 0 Å². The second kappa shape index (κ2) is 3.69. The summed E-state index contributed by atoms with van der Waals surface area (Å²) in [5.41, 5.74) is 0. The Bertz CT molecular complexity index is 290. The summed E-state index contributed by atoms with van der Waals surface area (Å²) in [5.74, 6) is -1.73. The van der Waals surface area contributed by atoms with Crippen molar-refractivity contribution < 1.29 is 23.8 Å². The highest BCUT2D eigenvalue weighted by molar-refractivity contribution is 5.85. The van der Waals surface area contributed by atoms with E-state index in [0.29, 0.717) is 0 Å². The molecule has 5 nitrogen and oxygen atoms in total. The molecule has 0 unspecified atom stereocenters. The molecule has 0 amide bonds. The molecular weight excluding hydrogens is 188 g/mol. The van der Waals surface area contributed by atoms with Gasteiger partial charge in [-0.3, -0.25) is 4.79 Å². The van der Waals surface area contributed by atoms with Gasteiger partial charge in [-0.1, -0.05) is 0 Å². The molecule has 0 aromatic carbocycles. The van der Waals surface area contributed by atoms with Crippen LogP contribution < -0.4 is 0 Å². The van der Waals surface area contributed by atoms with E-state index in [4.69, 9.17) is 9.47 Å². The summed E-state index contributed by atoms with van der Waals surface area (Å²) in [6.07, 6.45) is 1.08. The van der Waals surface area contributed by atoms with Gasteiger partial charge in [0.05, 0.1) is 13.2 Å². The molecule has 0 aromatic rings. The molecule has 0 N–H and O–H groups in total. The number of carbonyl (C=O) groups is 2. The Balaban J connectivity index is 2.70. The van der Waals surface area contributed by atoms with Crippen LogP contribution >= 0.6 is 0 Å². The third kappa shape index (κ3) is 2.76. The first-order valence-corrected chi connectivity index (χ1v) is 4.12. The minimum atomic E-state index is -1.02. The van der Waals surface area contributed by atoms with Gasteiger partial charge in [0, 0.05) is 13.8 Å². The summed E-state index contributed by atoms with van der Waals surface area (Å²) >= 11 is 0. The molecule has 0 radical (unpaired) electrons. The van der Waals surface area contributed by atoms with Crippen LogP contribution in [0.4, 0.5) is 0 Å². The van der Waals surface area contributed by atoms with Crippen molar-refractivity contribution in [1.29, 1.82) is 0 Å². The zero-order valence-corrected chi connectivity index (χ0v) is 8.33. The van der Waals surface area contributed by atoms with E-state index in [1.54, 1.807) is 13.8 Å². The molecule has 14 heavy (non-hydrogen) atoms. The lowest BCUT2D eigenvalue weighted by Crippen LogP contribution is -2.34. The van der Waals surface area contributed by atoms with Gasteiger partial charge in [0.1, 0.15) is 12.2 Å². The van der Waals surface area contributed by atoms with Crippen LogP contribution in [0.2, 0.25) is 0 Å². The van der Waals surface area contributed by atoms with Crippen molar-refractivity contribution in [1.82, 2.24) is 0 Å². The van der Waals surface area contributed by atoms with Crippen molar-refractivity contribution in [3.05, 3.63) is 11.8 Å². The van der Waals surface area contributed by atoms with Crippen LogP contribution in [-0.2, 0) is 23.8 Å². The number of ether oxygens (including phenoxy) is 3. The van der Waals surface area contributed by atoms with Crippen molar-refractivity contribution in [2.24, 2.45) is 0 Å². The van der Waals surface area contributed by atoms with E-state index in [-0.39, 0.29) is 12.2 Å². The first kappa shape index (κ1) is 10.6. The average molecular weight is 200 g/mol. The van der Waals surface area contributed by atoms with E-state index in [9.17, 15) is 9.59 Å². The number of cyclic esters (lactones) is 1. The van der Waals surface area contributed by atoms with E-state index < -0.39 is 17.7 Å². The maximum Gasteiger partial charge on any atom is 0.337 e. The zero-order chi connectivity index (χ0) is 10.8. The van der Waals surface area contributed by atoms with Crippen molar-refractivity contribution in [2.45, 2.75) is 26.1 Å². The predicted octanol–water partition coefficient (Wildman–Crippen LogP) is 0.743. The van der Waals surface area contributed by atoms with Crippen molar-refractivity contribution in [3.63, 3.8) is 0 Å². The summed E-state index contributed by atoms with van der Waals surface area (Å²) in [6, 6.07) is 0. The van der Waals surface area contributed by atoms with Gasteiger partial charge in [-0.15, -0.1) is 0 Å². The maximum absolute atomic E-state index is 11.0. The van der Waals surface area contributed by atoms with Gasteiger partial charge >= 0.3 is 11.9 Å². The van der Waals surface area contributed by atoms with Gasteiger partial charge in [-0.05, 0) is 0 Å². The Hall–Kier alpha value is -1.52. The van der Waals surface area contributed by atoms with E-state index in [1.807, 2.05) is 0 Å². The minimum absolute atomic E-state index is 0.0605. The Labute approximate surface area is 81.6 Å². The summed E-state index contributed by atoms with van der Waals surface area (Å²) in [7, 11) is 1.27. The Morgan fingerprint density at radius 3 is 2.64 bits per heavy atom. The molecular formula is C9H12O5. The molecule has 1 aliphatic rings. The molecule has 0 atom stereocenters. The monoisotopic (exact) mass is 200 g/mol. The fourth-order valence-corrected chi connectivity index (χ4v) is 1.07. The Kier molecular flexibility index (Phi) is 2.78. The first-order valence-electron chi connectivity index (χ1n) is 4.12.